The van der Waals surface area contributed by atoms with E-state index in [1.807, 2.05) is 0 Å². The molecule has 1 aromatic rings. The SMILES string of the molecule is NC1(Cl)c2ccccc2CC1(F)F. The van der Waals surface area contributed by atoms with Gasteiger partial charge in [-0.2, -0.15) is 0 Å². The molecule has 1 aliphatic carbocycles. The van der Waals surface area contributed by atoms with Crippen LogP contribution in [-0.2, 0) is 11.4 Å². The predicted octanol–water partition coefficient (Wildman–Crippen LogP) is 2.23. The average Bonchev–Trinajstić information content (AvgIpc) is 2.20. The van der Waals surface area contributed by atoms with Crippen molar-refractivity contribution < 1.29 is 8.78 Å². The second-order valence-electron chi connectivity index (χ2n) is 3.25. The summed E-state index contributed by atoms with van der Waals surface area (Å²) in [5, 5.41) is 0. The van der Waals surface area contributed by atoms with Crippen LogP contribution in [0, 0.1) is 0 Å². The van der Waals surface area contributed by atoms with Crippen molar-refractivity contribution in [2.75, 3.05) is 0 Å². The smallest absolute Gasteiger partial charge is 0.287 e. The number of hydrogen-bond acceptors (Lipinski definition) is 1. The highest BCUT2D eigenvalue weighted by Crippen LogP contribution is 2.48. The lowest BCUT2D eigenvalue weighted by Crippen LogP contribution is -2.44. The molecule has 1 nitrogen and oxygen atoms in total. The average molecular weight is 204 g/mol. The molecule has 1 aromatic carbocycles. The van der Waals surface area contributed by atoms with Crippen LogP contribution >= 0.6 is 11.6 Å². The summed E-state index contributed by atoms with van der Waals surface area (Å²) in [6, 6.07) is 6.53. The Bertz CT molecular complexity index is 349. The molecular formula is C9H8ClF2N. The second kappa shape index (κ2) is 2.42. The molecule has 0 aliphatic heterocycles. The van der Waals surface area contributed by atoms with Gasteiger partial charge in [0.05, 0.1) is 0 Å². The number of hydrogen-bond donors (Lipinski definition) is 1. The minimum atomic E-state index is -3.06. The zero-order valence-corrected chi connectivity index (χ0v) is 7.48. The molecule has 0 spiro atoms. The van der Waals surface area contributed by atoms with Crippen LogP contribution in [0.2, 0.25) is 0 Å². The fraction of sp³-hybridized carbons (Fsp3) is 0.333. The molecule has 13 heavy (non-hydrogen) atoms. The minimum Gasteiger partial charge on any atom is -0.304 e. The first kappa shape index (κ1) is 8.91. The maximum Gasteiger partial charge on any atom is 0.287 e. The molecule has 0 radical (unpaired) electrons. The molecule has 0 amide bonds. The number of nitrogens with two attached hydrogens (primary N) is 1. The van der Waals surface area contributed by atoms with E-state index in [1.165, 1.54) is 0 Å². The Morgan fingerprint density at radius 3 is 2.54 bits per heavy atom. The van der Waals surface area contributed by atoms with Gasteiger partial charge in [0.15, 0.2) is 5.00 Å². The van der Waals surface area contributed by atoms with Crippen molar-refractivity contribution in [2.45, 2.75) is 17.3 Å². The molecule has 0 bridgehead atoms. The first-order chi connectivity index (χ1) is 5.95. The molecule has 0 fully saturated rings. The quantitative estimate of drug-likeness (QED) is 0.508. The van der Waals surface area contributed by atoms with Gasteiger partial charge in [-0.25, -0.2) is 8.78 Å². The summed E-state index contributed by atoms with van der Waals surface area (Å²) < 4.78 is 26.5. The summed E-state index contributed by atoms with van der Waals surface area (Å²) in [5.41, 5.74) is 6.25. The van der Waals surface area contributed by atoms with E-state index in [1.54, 1.807) is 24.3 Å². The molecule has 1 aliphatic rings. The topological polar surface area (TPSA) is 26.0 Å². The van der Waals surface area contributed by atoms with Gasteiger partial charge in [-0.3, -0.25) is 0 Å². The Balaban J connectivity index is 2.60. The zero-order chi connectivity index (χ0) is 9.69. The first-order valence-electron chi connectivity index (χ1n) is 3.89. The lowest BCUT2D eigenvalue weighted by atomic mass is 10.1. The summed E-state index contributed by atoms with van der Waals surface area (Å²) in [4.78, 5) is -2.04. The molecule has 0 heterocycles. The van der Waals surface area contributed by atoms with Gasteiger partial charge in [0.1, 0.15) is 0 Å². The van der Waals surface area contributed by atoms with Crippen molar-refractivity contribution >= 4 is 11.6 Å². The lowest BCUT2D eigenvalue weighted by molar-refractivity contribution is -0.0304. The molecule has 2 rings (SSSR count). The number of alkyl halides is 3. The van der Waals surface area contributed by atoms with Crippen LogP contribution in [0.5, 0.6) is 0 Å². The summed E-state index contributed by atoms with van der Waals surface area (Å²) in [6.07, 6.45) is -0.372. The van der Waals surface area contributed by atoms with Crippen molar-refractivity contribution in [3.8, 4) is 0 Å². The molecular weight excluding hydrogens is 196 g/mol. The van der Waals surface area contributed by atoms with E-state index in [-0.39, 0.29) is 6.42 Å². The predicted molar refractivity (Wildman–Crippen MR) is 46.8 cm³/mol. The summed E-state index contributed by atoms with van der Waals surface area (Å²) in [5.74, 6) is -3.06. The Morgan fingerprint density at radius 1 is 1.31 bits per heavy atom. The second-order valence-corrected chi connectivity index (χ2v) is 3.85. The molecule has 0 saturated heterocycles. The van der Waals surface area contributed by atoms with Crippen LogP contribution in [0.4, 0.5) is 8.78 Å². The molecule has 0 aromatic heterocycles. The van der Waals surface area contributed by atoms with Gasteiger partial charge in [-0.15, -0.1) is 0 Å². The van der Waals surface area contributed by atoms with Gasteiger partial charge < -0.3 is 5.73 Å². The number of fused-ring (bicyclic) bond motifs is 1. The van der Waals surface area contributed by atoms with Gasteiger partial charge in [-0.1, -0.05) is 35.9 Å². The molecule has 70 valence electrons. The third-order valence-corrected chi connectivity index (χ3v) is 2.83. The Labute approximate surface area is 79.5 Å². The molecule has 4 heteroatoms. The third kappa shape index (κ3) is 1.07. The van der Waals surface area contributed by atoms with Crippen molar-refractivity contribution in [3.63, 3.8) is 0 Å². The minimum absolute atomic E-state index is 0.335. The summed E-state index contributed by atoms with van der Waals surface area (Å²) >= 11 is 5.62. The Hall–Kier alpha value is -0.670. The standard InChI is InChI=1S/C9H8ClF2N/c10-9(13)7-4-2-1-3-6(7)5-8(9,11)12/h1-4H,5,13H2. The highest BCUT2D eigenvalue weighted by Gasteiger charge is 2.56. The zero-order valence-electron chi connectivity index (χ0n) is 6.73. The van der Waals surface area contributed by atoms with Gasteiger partial charge in [0.2, 0.25) is 0 Å². The maximum atomic E-state index is 13.3. The van der Waals surface area contributed by atoms with E-state index in [9.17, 15) is 8.78 Å². The van der Waals surface area contributed by atoms with E-state index in [0.29, 0.717) is 11.1 Å². The van der Waals surface area contributed by atoms with E-state index in [0.717, 1.165) is 0 Å². The van der Waals surface area contributed by atoms with Crippen molar-refractivity contribution in [3.05, 3.63) is 35.4 Å². The van der Waals surface area contributed by atoms with Gasteiger partial charge in [-0.05, 0) is 11.1 Å². The van der Waals surface area contributed by atoms with E-state index in [2.05, 4.69) is 0 Å². The van der Waals surface area contributed by atoms with Crippen LogP contribution < -0.4 is 5.73 Å². The van der Waals surface area contributed by atoms with Crippen LogP contribution in [-0.4, -0.2) is 5.92 Å². The first-order valence-corrected chi connectivity index (χ1v) is 4.27. The van der Waals surface area contributed by atoms with Gasteiger partial charge >= 0.3 is 0 Å². The maximum absolute atomic E-state index is 13.3. The van der Waals surface area contributed by atoms with Crippen molar-refractivity contribution in [2.24, 2.45) is 5.73 Å². The van der Waals surface area contributed by atoms with Crippen molar-refractivity contribution in [1.82, 2.24) is 0 Å². The normalized spacial score (nSPS) is 30.2. The summed E-state index contributed by atoms with van der Waals surface area (Å²) in [7, 11) is 0. The fourth-order valence-electron chi connectivity index (χ4n) is 1.59. The van der Waals surface area contributed by atoms with Crippen molar-refractivity contribution in [1.29, 1.82) is 0 Å². The van der Waals surface area contributed by atoms with Crippen LogP contribution in [0.1, 0.15) is 11.1 Å². The van der Waals surface area contributed by atoms with Crippen LogP contribution in [0.25, 0.3) is 0 Å². The highest BCUT2D eigenvalue weighted by molar-refractivity contribution is 6.24. The largest absolute Gasteiger partial charge is 0.304 e. The van der Waals surface area contributed by atoms with E-state index >= 15 is 0 Å². The number of benzene rings is 1. The molecule has 0 saturated carbocycles. The molecule has 1 unspecified atom stereocenters. The molecule has 2 N–H and O–H groups in total. The highest BCUT2D eigenvalue weighted by atomic mass is 35.5. The monoisotopic (exact) mass is 203 g/mol. The number of halogens is 3. The van der Waals surface area contributed by atoms with E-state index in [4.69, 9.17) is 17.3 Å². The van der Waals surface area contributed by atoms with Crippen LogP contribution in [0.3, 0.4) is 0 Å². The van der Waals surface area contributed by atoms with E-state index < -0.39 is 10.9 Å². The fourth-order valence-corrected chi connectivity index (χ4v) is 1.85. The Kier molecular flexibility index (Phi) is 1.66. The van der Waals surface area contributed by atoms with Gasteiger partial charge in [0, 0.05) is 6.42 Å². The summed E-state index contributed by atoms with van der Waals surface area (Å²) in [6.45, 7) is 0. The third-order valence-electron chi connectivity index (χ3n) is 2.35. The van der Waals surface area contributed by atoms with Crippen LogP contribution in [0.15, 0.2) is 24.3 Å². The lowest BCUT2D eigenvalue weighted by Gasteiger charge is -2.24. The molecule has 1 atom stereocenters. The Morgan fingerprint density at radius 2 is 1.92 bits per heavy atom. The number of rotatable bonds is 0. The van der Waals surface area contributed by atoms with Gasteiger partial charge in [0.25, 0.3) is 5.92 Å².